The second kappa shape index (κ2) is 8.86. The predicted octanol–water partition coefficient (Wildman–Crippen LogP) is 5.82. The third-order valence-electron chi connectivity index (χ3n) is 4.81. The van der Waals surface area contributed by atoms with Crippen LogP contribution < -0.4 is 4.52 Å². The van der Waals surface area contributed by atoms with Crippen LogP contribution in [-0.4, -0.2) is 9.79 Å². The molecule has 0 spiro atoms. The Morgan fingerprint density at radius 1 is 0.864 bits per heavy atom. The topological polar surface area (TPSA) is 49.7 Å². The molecule has 0 aliphatic heterocycles. The van der Waals surface area contributed by atoms with Crippen molar-refractivity contribution in [3.05, 3.63) is 28.8 Å². The Morgan fingerprint density at radius 2 is 1.27 bits per heavy atom. The Labute approximate surface area is 136 Å². The Morgan fingerprint density at radius 3 is 1.59 bits per heavy atom. The normalized spacial score (nSPS) is 15.7. The summed E-state index contributed by atoms with van der Waals surface area (Å²) in [5, 5.41) is 0. The SMILES string of the molecule is CCC(C)c1cc(C(C)CC)c(OP(O)O)c(C(C)CC)c1. The van der Waals surface area contributed by atoms with E-state index >= 15 is 0 Å². The van der Waals surface area contributed by atoms with Crippen molar-refractivity contribution >= 4 is 8.60 Å². The van der Waals surface area contributed by atoms with Gasteiger partial charge in [0.25, 0.3) is 0 Å². The van der Waals surface area contributed by atoms with Gasteiger partial charge in [-0.1, -0.05) is 53.7 Å². The lowest BCUT2D eigenvalue weighted by molar-refractivity contribution is 0.369. The van der Waals surface area contributed by atoms with Gasteiger partial charge in [0.2, 0.25) is 0 Å². The van der Waals surface area contributed by atoms with Crippen molar-refractivity contribution < 1.29 is 14.3 Å². The highest BCUT2D eigenvalue weighted by molar-refractivity contribution is 7.39. The predicted molar refractivity (Wildman–Crippen MR) is 94.5 cm³/mol. The molecule has 0 fully saturated rings. The van der Waals surface area contributed by atoms with Gasteiger partial charge in [0.1, 0.15) is 5.75 Å². The highest BCUT2D eigenvalue weighted by atomic mass is 31.2. The zero-order chi connectivity index (χ0) is 16.9. The lowest BCUT2D eigenvalue weighted by atomic mass is 9.85. The number of rotatable bonds is 8. The minimum absolute atomic E-state index is 0.330. The van der Waals surface area contributed by atoms with Crippen LogP contribution in [0.1, 0.15) is 95.2 Å². The lowest BCUT2D eigenvalue weighted by Crippen LogP contribution is -2.06. The molecule has 0 aliphatic rings. The number of benzene rings is 1. The van der Waals surface area contributed by atoms with Gasteiger partial charge in [-0.25, -0.2) is 0 Å². The van der Waals surface area contributed by atoms with E-state index in [9.17, 15) is 9.79 Å². The van der Waals surface area contributed by atoms with Gasteiger partial charge in [-0.2, -0.15) is 0 Å². The summed E-state index contributed by atoms with van der Waals surface area (Å²) in [6.07, 6.45) is 3.08. The quantitative estimate of drug-likeness (QED) is 0.592. The van der Waals surface area contributed by atoms with E-state index in [-0.39, 0.29) is 0 Å². The standard InChI is InChI=1S/C18H31O3P/c1-7-12(4)15-10-16(13(5)8-2)18(21-22(19)20)17(11-15)14(6)9-3/h10-14,19-20H,7-9H2,1-6H3. The van der Waals surface area contributed by atoms with Crippen LogP contribution in [-0.2, 0) is 0 Å². The molecular formula is C18H31O3P. The maximum atomic E-state index is 9.39. The van der Waals surface area contributed by atoms with Gasteiger partial charge in [-0.15, -0.1) is 0 Å². The third kappa shape index (κ3) is 4.68. The van der Waals surface area contributed by atoms with Crippen LogP contribution in [0.2, 0.25) is 0 Å². The number of hydrogen-bond acceptors (Lipinski definition) is 3. The summed E-state index contributed by atoms with van der Waals surface area (Å²) in [5.41, 5.74) is 3.53. The molecule has 126 valence electrons. The van der Waals surface area contributed by atoms with Crippen LogP contribution in [0.4, 0.5) is 0 Å². The molecular weight excluding hydrogens is 295 g/mol. The summed E-state index contributed by atoms with van der Waals surface area (Å²) in [6.45, 7) is 13.1. The summed E-state index contributed by atoms with van der Waals surface area (Å²) >= 11 is 0. The highest BCUT2D eigenvalue weighted by Gasteiger charge is 2.22. The van der Waals surface area contributed by atoms with Gasteiger partial charge < -0.3 is 14.3 Å². The molecule has 0 bridgehead atoms. The molecule has 2 N–H and O–H groups in total. The molecule has 0 amide bonds. The van der Waals surface area contributed by atoms with Crippen LogP contribution in [0.15, 0.2) is 12.1 Å². The zero-order valence-electron chi connectivity index (χ0n) is 14.8. The first-order chi connectivity index (χ1) is 10.3. The highest BCUT2D eigenvalue weighted by Crippen LogP contribution is 2.44. The molecule has 0 aromatic heterocycles. The van der Waals surface area contributed by atoms with Gasteiger partial charge in [0, 0.05) is 0 Å². The molecule has 1 rings (SSSR count). The van der Waals surface area contributed by atoms with E-state index in [0.717, 1.165) is 30.4 Å². The van der Waals surface area contributed by atoms with E-state index in [1.807, 2.05) is 0 Å². The fraction of sp³-hybridized carbons (Fsp3) is 0.667. The molecule has 0 saturated heterocycles. The monoisotopic (exact) mass is 326 g/mol. The third-order valence-corrected chi connectivity index (χ3v) is 5.16. The average molecular weight is 326 g/mol. The first kappa shape index (κ1) is 19.4. The lowest BCUT2D eigenvalue weighted by Gasteiger charge is -2.25. The van der Waals surface area contributed by atoms with E-state index in [1.165, 1.54) is 5.56 Å². The van der Waals surface area contributed by atoms with E-state index in [4.69, 9.17) is 4.52 Å². The van der Waals surface area contributed by atoms with Crippen LogP contribution in [0, 0.1) is 0 Å². The first-order valence-electron chi connectivity index (χ1n) is 8.39. The van der Waals surface area contributed by atoms with Crippen molar-refractivity contribution in [3.8, 4) is 5.75 Å². The van der Waals surface area contributed by atoms with Crippen LogP contribution in [0.3, 0.4) is 0 Å². The Kier molecular flexibility index (Phi) is 7.82. The van der Waals surface area contributed by atoms with Crippen molar-refractivity contribution in [1.29, 1.82) is 0 Å². The van der Waals surface area contributed by atoms with Crippen LogP contribution in [0.25, 0.3) is 0 Å². The van der Waals surface area contributed by atoms with E-state index < -0.39 is 8.60 Å². The fourth-order valence-corrected chi connectivity index (χ4v) is 2.95. The summed E-state index contributed by atoms with van der Waals surface area (Å²) in [7, 11) is -2.40. The Hall–Kier alpha value is -0.630. The molecule has 0 aliphatic carbocycles. The van der Waals surface area contributed by atoms with Crippen molar-refractivity contribution in [3.63, 3.8) is 0 Å². The van der Waals surface area contributed by atoms with Gasteiger partial charge in [-0.3, -0.25) is 0 Å². The van der Waals surface area contributed by atoms with E-state index in [0.29, 0.717) is 23.5 Å². The van der Waals surface area contributed by atoms with Crippen LogP contribution >= 0.6 is 8.60 Å². The van der Waals surface area contributed by atoms with Crippen LogP contribution in [0.5, 0.6) is 5.75 Å². The molecule has 0 saturated carbocycles. The molecule has 0 heterocycles. The molecule has 3 atom stereocenters. The van der Waals surface area contributed by atoms with Crippen molar-refractivity contribution in [2.24, 2.45) is 0 Å². The molecule has 3 unspecified atom stereocenters. The minimum Gasteiger partial charge on any atom is -0.426 e. The van der Waals surface area contributed by atoms with Crippen molar-refractivity contribution in [1.82, 2.24) is 0 Å². The van der Waals surface area contributed by atoms with Gasteiger partial charge >= 0.3 is 8.60 Å². The van der Waals surface area contributed by atoms with E-state index in [2.05, 4.69) is 53.7 Å². The fourth-order valence-electron chi connectivity index (χ4n) is 2.58. The summed E-state index contributed by atoms with van der Waals surface area (Å²) in [5.74, 6) is 1.84. The summed E-state index contributed by atoms with van der Waals surface area (Å²) in [6, 6.07) is 4.39. The van der Waals surface area contributed by atoms with Gasteiger partial charge in [0.05, 0.1) is 0 Å². The van der Waals surface area contributed by atoms with Crippen molar-refractivity contribution in [2.75, 3.05) is 0 Å². The zero-order valence-corrected chi connectivity index (χ0v) is 15.7. The maximum absolute atomic E-state index is 9.39. The Balaban J connectivity index is 3.53. The molecule has 4 heteroatoms. The van der Waals surface area contributed by atoms with Gasteiger partial charge in [0.15, 0.2) is 0 Å². The minimum atomic E-state index is -2.40. The smallest absolute Gasteiger partial charge is 0.391 e. The molecule has 1 aromatic rings. The largest absolute Gasteiger partial charge is 0.426 e. The molecule has 3 nitrogen and oxygen atoms in total. The second-order valence-corrected chi connectivity index (χ2v) is 6.99. The Bertz CT molecular complexity index is 442. The molecule has 22 heavy (non-hydrogen) atoms. The second-order valence-electron chi connectivity index (χ2n) is 6.30. The first-order valence-corrected chi connectivity index (χ1v) is 9.55. The molecule has 0 radical (unpaired) electrons. The molecule has 1 aromatic carbocycles. The average Bonchev–Trinajstić information content (AvgIpc) is 2.51. The summed E-state index contributed by atoms with van der Waals surface area (Å²) < 4.78 is 5.47. The summed E-state index contributed by atoms with van der Waals surface area (Å²) in [4.78, 5) is 18.8. The maximum Gasteiger partial charge on any atom is 0.391 e. The van der Waals surface area contributed by atoms with E-state index in [1.54, 1.807) is 0 Å². The number of hydrogen-bond donors (Lipinski definition) is 2. The van der Waals surface area contributed by atoms with Gasteiger partial charge in [-0.05, 0) is 53.7 Å². The van der Waals surface area contributed by atoms with Crippen molar-refractivity contribution in [2.45, 2.75) is 78.6 Å².